The van der Waals surface area contributed by atoms with E-state index in [1.807, 2.05) is 0 Å². The van der Waals surface area contributed by atoms with Gasteiger partial charge in [-0.15, -0.1) is 0 Å². The lowest BCUT2D eigenvalue weighted by atomic mass is 11.1. The van der Waals surface area contributed by atoms with Crippen molar-refractivity contribution < 1.29 is 9.90 Å². The van der Waals surface area contributed by atoms with Crippen LogP contribution < -0.4 is 0 Å². The highest BCUT2D eigenvalue weighted by Gasteiger charge is 1.95. The number of aliphatic carboxylic acids is 1. The Morgan fingerprint density at radius 1 is 0.800 bits per heavy atom. The fourth-order valence-corrected chi connectivity index (χ4v) is 2.09. The molecule has 2 nitrogen and oxygen atoms in total. The van der Waals surface area contributed by atoms with Gasteiger partial charge in [0.1, 0.15) is 0 Å². The summed E-state index contributed by atoms with van der Waals surface area (Å²) in [4.78, 5) is 10.3. The zero-order valence-corrected chi connectivity index (χ0v) is 13.2. The largest absolute Gasteiger partial charge is 0.481 e. The molecule has 0 aromatic carbocycles. The number of hydrogen-bond acceptors (Lipinski definition) is 1. The summed E-state index contributed by atoms with van der Waals surface area (Å²) in [7, 11) is 0. The maximum Gasteiger partial charge on any atom is 0.303 e. The molecule has 0 unspecified atom stereocenters. The van der Waals surface area contributed by atoms with Gasteiger partial charge in [0.15, 0.2) is 0 Å². The number of carbonyl (C=O) groups is 1. The van der Waals surface area contributed by atoms with E-state index in [0.29, 0.717) is 6.42 Å². The Morgan fingerprint density at radius 3 is 1.95 bits per heavy atom. The molecule has 0 aliphatic carbocycles. The maximum absolute atomic E-state index is 10.3. The minimum Gasteiger partial charge on any atom is -0.481 e. The third kappa shape index (κ3) is 16.9. The summed E-state index contributed by atoms with van der Waals surface area (Å²) in [6, 6.07) is 0. The lowest BCUT2D eigenvalue weighted by Gasteiger charge is -1.98. The van der Waals surface area contributed by atoms with Gasteiger partial charge in [0, 0.05) is 6.42 Å². The quantitative estimate of drug-likeness (QED) is 0.247. The van der Waals surface area contributed by atoms with Gasteiger partial charge in [-0.25, -0.2) is 0 Å². The summed E-state index contributed by atoms with van der Waals surface area (Å²) >= 11 is 0. The van der Waals surface area contributed by atoms with Crippen molar-refractivity contribution in [1.29, 1.82) is 0 Å². The van der Waals surface area contributed by atoms with Crippen LogP contribution in [0.4, 0.5) is 0 Å². The summed E-state index contributed by atoms with van der Waals surface area (Å²) in [6.45, 7) is 2.23. The van der Waals surface area contributed by atoms with E-state index in [2.05, 4.69) is 31.2 Å². The van der Waals surface area contributed by atoms with Crippen molar-refractivity contribution in [3.8, 4) is 0 Å². The molecule has 0 bridgehead atoms. The second kappa shape index (κ2) is 16.0. The highest BCUT2D eigenvalue weighted by molar-refractivity contribution is 5.66. The molecule has 0 fully saturated rings. The molecular formula is C18H32O2. The topological polar surface area (TPSA) is 37.3 Å². The normalized spacial score (nSPS) is 11.7. The van der Waals surface area contributed by atoms with Crippen LogP contribution in [0.1, 0.15) is 84.0 Å². The second-order valence-corrected chi connectivity index (χ2v) is 5.37. The first-order chi connectivity index (χ1) is 9.77. The minimum absolute atomic E-state index is 0.324. The zero-order chi connectivity index (χ0) is 14.9. The number of unbranched alkanes of at least 4 members (excludes halogenated alkanes) is 8. The van der Waals surface area contributed by atoms with Crippen LogP contribution in [-0.4, -0.2) is 11.1 Å². The number of allylic oxidation sites excluding steroid dienone is 4. The third-order valence-corrected chi connectivity index (χ3v) is 3.34. The Hall–Kier alpha value is -1.05. The molecule has 0 heterocycles. The molecule has 20 heavy (non-hydrogen) atoms. The van der Waals surface area contributed by atoms with Crippen molar-refractivity contribution in [1.82, 2.24) is 0 Å². The monoisotopic (exact) mass is 298 g/mol. The van der Waals surface area contributed by atoms with Gasteiger partial charge in [-0.1, -0.05) is 63.3 Å². The van der Waals surface area contributed by atoms with Gasteiger partial charge < -0.3 is 5.11 Å². The summed E-state index contributed by atoms with van der Waals surface area (Å²) < 4.78 is 0. The summed E-state index contributed by atoms with van der Waals surface area (Å²) in [6.07, 6.45) is 22.3. The van der Waals surface area contributed by atoms with E-state index < -0.39 is 5.97 Å². The van der Waals surface area contributed by atoms with Gasteiger partial charge in [-0.2, -0.15) is 0 Å². The Morgan fingerprint density at radius 2 is 1.35 bits per heavy atom. The maximum atomic E-state index is 10.3. The fraction of sp³-hybridized carbons (Fsp3) is 0.722. The number of carboxylic acid groups (broad SMARTS) is 1. The molecule has 116 valence electrons. The van der Waals surface area contributed by atoms with Gasteiger partial charge in [0.2, 0.25) is 0 Å². The Bertz CT molecular complexity index is 267. The summed E-state index contributed by atoms with van der Waals surface area (Å²) in [5.74, 6) is -0.671. The molecule has 1 N–H and O–H groups in total. The van der Waals surface area contributed by atoms with Gasteiger partial charge >= 0.3 is 5.97 Å². The molecule has 0 amide bonds. The van der Waals surface area contributed by atoms with E-state index in [0.717, 1.165) is 25.7 Å². The number of hydrogen-bond donors (Lipinski definition) is 1. The van der Waals surface area contributed by atoms with Crippen LogP contribution in [-0.2, 0) is 4.79 Å². The van der Waals surface area contributed by atoms with Crippen molar-refractivity contribution in [3.05, 3.63) is 24.3 Å². The van der Waals surface area contributed by atoms with Gasteiger partial charge in [0.05, 0.1) is 0 Å². The summed E-state index contributed by atoms with van der Waals surface area (Å²) in [5.41, 5.74) is 0. The molecular weight excluding hydrogens is 266 g/mol. The molecule has 0 radical (unpaired) electrons. The predicted molar refractivity (Wildman–Crippen MR) is 87.0 cm³/mol. The Balaban J connectivity index is 3.17. The SMILES string of the molecule is [13CH3][13CH2][13CH2][13CH2][13CH2]/[13CH]=[13CH]/[13CH2]/[13CH]=[13CH]/[13CH2][13CH2][13CH2][13CH2][13CH2][13CH2][13CH2][13C](=O)O. The molecule has 0 aromatic heterocycles. The van der Waals surface area contributed by atoms with Crippen LogP contribution in [0.25, 0.3) is 0 Å². The molecule has 0 saturated carbocycles. The lowest BCUT2D eigenvalue weighted by molar-refractivity contribution is -0.137. The van der Waals surface area contributed by atoms with E-state index in [9.17, 15) is 4.79 Å². The highest BCUT2D eigenvalue weighted by Crippen LogP contribution is 2.08. The average Bonchev–Trinajstić information content (AvgIpc) is 2.43. The van der Waals surface area contributed by atoms with Crippen molar-refractivity contribution in [2.24, 2.45) is 0 Å². The Labute approximate surface area is 125 Å². The first kappa shape index (κ1) is 18.9. The van der Waals surface area contributed by atoms with Crippen LogP contribution in [0, 0.1) is 0 Å². The molecule has 0 aliphatic rings. The molecule has 0 rings (SSSR count). The zero-order valence-electron chi connectivity index (χ0n) is 13.2. The van der Waals surface area contributed by atoms with E-state index in [4.69, 9.17) is 5.11 Å². The van der Waals surface area contributed by atoms with Crippen LogP contribution in [0.5, 0.6) is 0 Å². The smallest absolute Gasteiger partial charge is 0.303 e. The number of rotatable bonds is 14. The fourth-order valence-electron chi connectivity index (χ4n) is 2.09. The molecule has 2 heteroatoms. The van der Waals surface area contributed by atoms with Gasteiger partial charge in [-0.3, -0.25) is 4.79 Å². The average molecular weight is 298 g/mol. The van der Waals surface area contributed by atoms with Crippen LogP contribution >= 0.6 is 0 Å². The van der Waals surface area contributed by atoms with E-state index in [1.165, 1.54) is 44.9 Å². The molecule has 0 aromatic rings. The van der Waals surface area contributed by atoms with Crippen molar-refractivity contribution in [3.63, 3.8) is 0 Å². The molecule has 0 atom stereocenters. The van der Waals surface area contributed by atoms with Crippen molar-refractivity contribution in [2.45, 2.75) is 84.0 Å². The predicted octanol–water partition coefficient (Wildman–Crippen LogP) is 5.88. The van der Waals surface area contributed by atoms with E-state index in [1.54, 1.807) is 0 Å². The van der Waals surface area contributed by atoms with Crippen molar-refractivity contribution in [2.75, 3.05) is 0 Å². The first-order valence-corrected chi connectivity index (χ1v) is 8.29. The van der Waals surface area contributed by atoms with E-state index >= 15 is 0 Å². The first-order valence-electron chi connectivity index (χ1n) is 8.29. The van der Waals surface area contributed by atoms with Crippen LogP contribution in [0.3, 0.4) is 0 Å². The van der Waals surface area contributed by atoms with Crippen molar-refractivity contribution >= 4 is 5.97 Å². The summed E-state index contributed by atoms with van der Waals surface area (Å²) in [5, 5.41) is 8.50. The van der Waals surface area contributed by atoms with Gasteiger partial charge in [0.25, 0.3) is 0 Å². The minimum atomic E-state index is -0.671. The standard InChI is InChI=1S/C18H32O2/c1-2-3-4-5-6-7-8-9-10-11-12-13-14-15-16-17-18(19)20/h6-7,9-10H,2-5,8,11-17H2,1H3,(H,19,20)/b7-6+,10-9+/i1+1,2+1,3+1,4+1,5+1,6+1,7+1,8+1,9+1,10+1,11+1,12+1,13+1,14+1,15+1,16+1,17+1,18+1. The third-order valence-electron chi connectivity index (χ3n) is 3.34. The second-order valence-electron chi connectivity index (χ2n) is 5.37. The van der Waals surface area contributed by atoms with Gasteiger partial charge in [-0.05, 0) is 38.5 Å². The molecule has 0 aliphatic heterocycles. The highest BCUT2D eigenvalue weighted by atomic mass is 16.5. The van der Waals surface area contributed by atoms with Crippen LogP contribution in [0.15, 0.2) is 24.3 Å². The number of carboxylic acids is 1. The lowest BCUT2D eigenvalue weighted by Crippen LogP contribution is -1.93. The Kier molecular flexibility index (Phi) is 15.2. The van der Waals surface area contributed by atoms with E-state index in [-0.39, 0.29) is 0 Å². The molecule has 0 saturated heterocycles. The van der Waals surface area contributed by atoms with Crippen LogP contribution in [0.2, 0.25) is 0 Å². The molecule has 0 spiro atoms.